The third kappa shape index (κ3) is 2.63. The van der Waals surface area contributed by atoms with E-state index < -0.39 is 0 Å². The van der Waals surface area contributed by atoms with E-state index >= 15 is 0 Å². The lowest BCUT2D eigenvalue weighted by atomic mass is 9.88. The maximum atomic E-state index is 6.00. The Hall–Kier alpha value is 0.250. The fourth-order valence-electron chi connectivity index (χ4n) is 2.01. The summed E-state index contributed by atoms with van der Waals surface area (Å²) in [6, 6.07) is 0. The summed E-state index contributed by atoms with van der Waals surface area (Å²) in [7, 11) is 0. The zero-order chi connectivity index (χ0) is 8.86. The standard InChI is InChI=1S/C10H20ClN/c1-2-7-12-9-10(8-11)5-3-4-6-10/h12H,2-9H2,1H3. The molecule has 0 spiro atoms. The molecule has 0 bridgehead atoms. The van der Waals surface area contributed by atoms with Gasteiger partial charge in [0, 0.05) is 12.4 Å². The van der Waals surface area contributed by atoms with Crippen molar-refractivity contribution in [3.05, 3.63) is 0 Å². The summed E-state index contributed by atoms with van der Waals surface area (Å²) < 4.78 is 0. The molecule has 1 nitrogen and oxygen atoms in total. The molecule has 12 heavy (non-hydrogen) atoms. The summed E-state index contributed by atoms with van der Waals surface area (Å²) in [5.74, 6) is 0.837. The van der Waals surface area contributed by atoms with Crippen LogP contribution in [0, 0.1) is 5.41 Å². The van der Waals surface area contributed by atoms with Gasteiger partial charge in [-0.25, -0.2) is 0 Å². The normalized spacial score (nSPS) is 21.5. The molecule has 0 aromatic rings. The molecule has 1 aliphatic rings. The lowest BCUT2D eigenvalue weighted by molar-refractivity contribution is 0.322. The molecule has 0 unspecified atom stereocenters. The largest absolute Gasteiger partial charge is 0.316 e. The molecule has 1 saturated carbocycles. The Morgan fingerprint density at radius 2 is 2.00 bits per heavy atom. The predicted molar refractivity (Wildman–Crippen MR) is 54.8 cm³/mol. The van der Waals surface area contributed by atoms with Crippen LogP contribution in [0.3, 0.4) is 0 Å². The molecule has 0 aromatic heterocycles. The molecular formula is C10H20ClN. The van der Waals surface area contributed by atoms with Gasteiger partial charge in [0.2, 0.25) is 0 Å². The Balaban J connectivity index is 2.24. The summed E-state index contributed by atoms with van der Waals surface area (Å²) in [6.07, 6.45) is 6.62. The van der Waals surface area contributed by atoms with Crippen molar-refractivity contribution < 1.29 is 0 Å². The van der Waals surface area contributed by atoms with Crippen LogP contribution >= 0.6 is 11.6 Å². The summed E-state index contributed by atoms with van der Waals surface area (Å²) >= 11 is 6.00. The van der Waals surface area contributed by atoms with Gasteiger partial charge < -0.3 is 5.32 Å². The first-order chi connectivity index (χ1) is 5.83. The summed E-state index contributed by atoms with van der Waals surface area (Å²) in [5, 5.41) is 3.48. The SMILES string of the molecule is CCCNCC1(CCl)CCCC1. The third-order valence-electron chi connectivity index (χ3n) is 2.87. The van der Waals surface area contributed by atoms with Crippen molar-refractivity contribution in [1.82, 2.24) is 5.32 Å². The second kappa shape index (κ2) is 5.08. The molecule has 0 aromatic carbocycles. The van der Waals surface area contributed by atoms with Gasteiger partial charge in [-0.3, -0.25) is 0 Å². The summed E-state index contributed by atoms with van der Waals surface area (Å²) in [6.45, 7) is 4.47. The van der Waals surface area contributed by atoms with Gasteiger partial charge in [0.05, 0.1) is 0 Å². The van der Waals surface area contributed by atoms with Crippen LogP contribution in [0.15, 0.2) is 0 Å². The second-order valence-electron chi connectivity index (χ2n) is 4.02. The number of halogens is 1. The first kappa shape index (κ1) is 10.3. The Morgan fingerprint density at radius 1 is 1.33 bits per heavy atom. The fourth-order valence-corrected chi connectivity index (χ4v) is 2.37. The Labute approximate surface area is 80.9 Å². The molecule has 0 atom stereocenters. The second-order valence-corrected chi connectivity index (χ2v) is 4.28. The van der Waals surface area contributed by atoms with E-state index in [-0.39, 0.29) is 0 Å². The molecule has 0 aliphatic heterocycles. The molecule has 72 valence electrons. The summed E-state index contributed by atoms with van der Waals surface area (Å²) in [5.41, 5.74) is 0.441. The van der Waals surface area contributed by atoms with Crippen LogP contribution in [-0.4, -0.2) is 19.0 Å². The summed E-state index contributed by atoms with van der Waals surface area (Å²) in [4.78, 5) is 0. The van der Waals surface area contributed by atoms with Crippen LogP contribution in [0.4, 0.5) is 0 Å². The zero-order valence-electron chi connectivity index (χ0n) is 8.03. The lowest BCUT2D eigenvalue weighted by Gasteiger charge is -2.26. The van der Waals surface area contributed by atoms with E-state index in [1.165, 1.54) is 32.1 Å². The number of rotatable bonds is 5. The molecule has 1 aliphatic carbocycles. The van der Waals surface area contributed by atoms with Gasteiger partial charge in [0.15, 0.2) is 0 Å². The van der Waals surface area contributed by atoms with E-state index in [2.05, 4.69) is 12.2 Å². The Kier molecular flexibility index (Phi) is 4.38. The van der Waals surface area contributed by atoms with Crippen LogP contribution in [0.5, 0.6) is 0 Å². The Morgan fingerprint density at radius 3 is 2.50 bits per heavy atom. The molecule has 0 amide bonds. The van der Waals surface area contributed by atoms with E-state index in [0.717, 1.165) is 19.0 Å². The number of hydrogen-bond acceptors (Lipinski definition) is 1. The third-order valence-corrected chi connectivity index (χ3v) is 3.44. The quantitative estimate of drug-likeness (QED) is 0.518. The smallest absolute Gasteiger partial charge is 0.0292 e. The van der Waals surface area contributed by atoms with Crippen molar-refractivity contribution >= 4 is 11.6 Å². The van der Waals surface area contributed by atoms with Gasteiger partial charge in [-0.05, 0) is 31.2 Å². The molecule has 2 heteroatoms. The van der Waals surface area contributed by atoms with Gasteiger partial charge in [0.1, 0.15) is 0 Å². The highest BCUT2D eigenvalue weighted by Gasteiger charge is 2.32. The molecule has 0 saturated heterocycles. The number of alkyl halides is 1. The van der Waals surface area contributed by atoms with E-state index in [1.54, 1.807) is 0 Å². The molecule has 1 rings (SSSR count). The van der Waals surface area contributed by atoms with Crippen molar-refractivity contribution in [2.75, 3.05) is 19.0 Å². The molecule has 0 radical (unpaired) electrons. The van der Waals surface area contributed by atoms with Crippen molar-refractivity contribution in [3.8, 4) is 0 Å². The maximum Gasteiger partial charge on any atom is 0.0292 e. The highest BCUT2D eigenvalue weighted by Crippen LogP contribution is 2.38. The van der Waals surface area contributed by atoms with Gasteiger partial charge in [0.25, 0.3) is 0 Å². The first-order valence-electron chi connectivity index (χ1n) is 5.10. The van der Waals surface area contributed by atoms with Crippen LogP contribution in [-0.2, 0) is 0 Å². The average molecular weight is 190 g/mol. The lowest BCUT2D eigenvalue weighted by Crippen LogP contribution is -2.33. The van der Waals surface area contributed by atoms with Crippen molar-refractivity contribution in [1.29, 1.82) is 0 Å². The molecule has 1 fully saturated rings. The topological polar surface area (TPSA) is 12.0 Å². The molecular weight excluding hydrogens is 170 g/mol. The number of hydrogen-bond donors (Lipinski definition) is 1. The van der Waals surface area contributed by atoms with Crippen molar-refractivity contribution in [2.24, 2.45) is 5.41 Å². The highest BCUT2D eigenvalue weighted by atomic mass is 35.5. The van der Waals surface area contributed by atoms with Crippen LogP contribution in [0.2, 0.25) is 0 Å². The van der Waals surface area contributed by atoms with E-state index in [1.807, 2.05) is 0 Å². The minimum atomic E-state index is 0.441. The zero-order valence-corrected chi connectivity index (χ0v) is 8.79. The predicted octanol–water partition coefficient (Wildman–Crippen LogP) is 2.79. The van der Waals surface area contributed by atoms with Crippen LogP contribution < -0.4 is 5.32 Å². The van der Waals surface area contributed by atoms with Crippen LogP contribution in [0.1, 0.15) is 39.0 Å². The van der Waals surface area contributed by atoms with Crippen LogP contribution in [0.25, 0.3) is 0 Å². The first-order valence-corrected chi connectivity index (χ1v) is 5.63. The highest BCUT2D eigenvalue weighted by molar-refractivity contribution is 6.18. The van der Waals surface area contributed by atoms with Gasteiger partial charge in [-0.15, -0.1) is 11.6 Å². The minimum absolute atomic E-state index is 0.441. The Bertz CT molecular complexity index is 119. The van der Waals surface area contributed by atoms with Gasteiger partial charge >= 0.3 is 0 Å². The average Bonchev–Trinajstić information content (AvgIpc) is 2.55. The van der Waals surface area contributed by atoms with Crippen molar-refractivity contribution in [2.45, 2.75) is 39.0 Å². The van der Waals surface area contributed by atoms with Crippen molar-refractivity contribution in [3.63, 3.8) is 0 Å². The maximum absolute atomic E-state index is 6.00. The van der Waals surface area contributed by atoms with E-state index in [4.69, 9.17) is 11.6 Å². The number of nitrogens with one attached hydrogen (secondary N) is 1. The van der Waals surface area contributed by atoms with E-state index in [9.17, 15) is 0 Å². The van der Waals surface area contributed by atoms with Gasteiger partial charge in [-0.1, -0.05) is 19.8 Å². The van der Waals surface area contributed by atoms with E-state index in [0.29, 0.717) is 5.41 Å². The minimum Gasteiger partial charge on any atom is -0.316 e. The molecule has 0 heterocycles. The fraction of sp³-hybridized carbons (Fsp3) is 1.00. The monoisotopic (exact) mass is 189 g/mol. The van der Waals surface area contributed by atoms with Gasteiger partial charge in [-0.2, -0.15) is 0 Å². The molecule has 1 N–H and O–H groups in total.